The van der Waals surface area contributed by atoms with Crippen molar-refractivity contribution in [3.63, 3.8) is 0 Å². The van der Waals surface area contributed by atoms with Crippen LogP contribution in [0.25, 0.3) is 0 Å². The second-order valence-electron chi connectivity index (χ2n) is 6.50. The van der Waals surface area contributed by atoms with Gasteiger partial charge in [-0.2, -0.15) is 0 Å². The van der Waals surface area contributed by atoms with E-state index in [4.69, 9.17) is 11.6 Å². The first-order chi connectivity index (χ1) is 10.5. The van der Waals surface area contributed by atoms with Crippen LogP contribution in [0.5, 0.6) is 0 Å². The van der Waals surface area contributed by atoms with Crippen LogP contribution in [-0.4, -0.2) is 41.9 Å². The lowest BCUT2D eigenvalue weighted by Gasteiger charge is -2.26. The smallest absolute Gasteiger partial charge is 0.241 e. The Kier molecular flexibility index (Phi) is 6.53. The van der Waals surface area contributed by atoms with Crippen molar-refractivity contribution in [3.8, 4) is 0 Å². The van der Waals surface area contributed by atoms with Gasteiger partial charge in [-0.25, -0.2) is 4.39 Å². The number of nitrogens with one attached hydrogen (secondary N) is 2. The number of anilines is 1. The lowest BCUT2D eigenvalue weighted by atomic mass is 10.1. The van der Waals surface area contributed by atoms with Crippen molar-refractivity contribution in [2.75, 3.05) is 18.9 Å². The number of hydrogen-bond donors (Lipinski definition) is 2. The van der Waals surface area contributed by atoms with Crippen molar-refractivity contribution in [1.29, 1.82) is 0 Å². The van der Waals surface area contributed by atoms with Crippen LogP contribution in [0, 0.1) is 5.82 Å². The first-order valence-electron chi connectivity index (χ1n) is 7.27. The van der Waals surface area contributed by atoms with Crippen LogP contribution >= 0.6 is 11.6 Å². The van der Waals surface area contributed by atoms with Crippen molar-refractivity contribution in [2.24, 2.45) is 0 Å². The Morgan fingerprint density at radius 3 is 2.48 bits per heavy atom. The molecule has 1 aromatic carbocycles. The maximum atomic E-state index is 13.0. The van der Waals surface area contributed by atoms with Crippen molar-refractivity contribution >= 4 is 29.1 Å². The molecule has 0 unspecified atom stereocenters. The van der Waals surface area contributed by atoms with Gasteiger partial charge in [-0.1, -0.05) is 11.6 Å². The number of carbonyl (C=O) groups is 2. The van der Waals surface area contributed by atoms with E-state index in [0.29, 0.717) is 5.69 Å². The van der Waals surface area contributed by atoms with Crippen LogP contribution in [0.15, 0.2) is 18.2 Å². The van der Waals surface area contributed by atoms with Crippen LogP contribution in [0.3, 0.4) is 0 Å². The fourth-order valence-corrected chi connectivity index (χ4v) is 2.06. The van der Waals surface area contributed by atoms with Gasteiger partial charge < -0.3 is 10.6 Å². The molecule has 0 heterocycles. The van der Waals surface area contributed by atoms with Crippen LogP contribution in [0.2, 0.25) is 5.02 Å². The van der Waals surface area contributed by atoms with Crippen LogP contribution < -0.4 is 10.6 Å². The van der Waals surface area contributed by atoms with Crippen molar-refractivity contribution in [3.05, 3.63) is 29.0 Å². The Hall–Kier alpha value is -1.66. The number of halogens is 2. The Morgan fingerprint density at radius 1 is 1.35 bits per heavy atom. The molecule has 0 bridgehead atoms. The highest BCUT2D eigenvalue weighted by Crippen LogP contribution is 2.22. The molecule has 0 aliphatic heterocycles. The molecule has 1 aromatic rings. The number of carbonyl (C=O) groups excluding carboxylic acids is 2. The van der Waals surface area contributed by atoms with E-state index in [1.807, 2.05) is 20.8 Å². The number of hydrogen-bond acceptors (Lipinski definition) is 3. The summed E-state index contributed by atoms with van der Waals surface area (Å²) >= 11 is 5.88. The van der Waals surface area contributed by atoms with Gasteiger partial charge in [-0.15, -0.1) is 0 Å². The number of benzene rings is 1. The fraction of sp³-hybridized carbons (Fsp3) is 0.500. The molecule has 1 atom stereocenters. The summed E-state index contributed by atoms with van der Waals surface area (Å²) < 4.78 is 13.0. The molecule has 0 spiro atoms. The zero-order chi connectivity index (χ0) is 17.8. The molecule has 5 nitrogen and oxygen atoms in total. The minimum Gasteiger partial charge on any atom is -0.350 e. The number of rotatable bonds is 5. The fourth-order valence-electron chi connectivity index (χ4n) is 1.85. The monoisotopic (exact) mass is 343 g/mol. The van der Waals surface area contributed by atoms with E-state index in [0.717, 1.165) is 6.07 Å². The Morgan fingerprint density at radius 2 is 1.96 bits per heavy atom. The van der Waals surface area contributed by atoms with Gasteiger partial charge in [0.05, 0.1) is 23.3 Å². The number of nitrogens with zero attached hydrogens (tertiary/aromatic N) is 1. The van der Waals surface area contributed by atoms with Gasteiger partial charge in [-0.3, -0.25) is 14.5 Å². The predicted molar refractivity (Wildman–Crippen MR) is 90.0 cm³/mol. The van der Waals surface area contributed by atoms with E-state index in [-0.39, 0.29) is 28.9 Å². The SMILES string of the molecule is C[C@H](C(=O)Nc1ccc(F)cc1Cl)N(C)CC(=O)NC(C)(C)C. The standard InChI is InChI=1S/C16H23ClFN3O2/c1-10(21(5)9-14(22)20-16(2,3)4)15(23)19-13-7-6-11(18)8-12(13)17/h6-8,10H,9H2,1-5H3,(H,19,23)(H,20,22)/t10-/m1/s1. The molecule has 0 aliphatic carbocycles. The lowest BCUT2D eigenvalue weighted by molar-refractivity contribution is -0.125. The molecule has 2 N–H and O–H groups in total. The van der Waals surface area contributed by atoms with Gasteiger partial charge in [0.15, 0.2) is 0 Å². The van der Waals surface area contributed by atoms with Gasteiger partial charge in [0, 0.05) is 5.54 Å². The van der Waals surface area contributed by atoms with E-state index >= 15 is 0 Å². The molecule has 0 aliphatic rings. The summed E-state index contributed by atoms with van der Waals surface area (Å²) in [5, 5.41) is 5.59. The molecule has 1 rings (SSSR count). The van der Waals surface area contributed by atoms with Crippen LogP contribution in [0.1, 0.15) is 27.7 Å². The maximum Gasteiger partial charge on any atom is 0.241 e. The number of likely N-dealkylation sites (N-methyl/N-ethyl adjacent to an activating group) is 1. The molecule has 0 saturated carbocycles. The van der Waals surface area contributed by atoms with E-state index in [2.05, 4.69) is 10.6 Å². The van der Waals surface area contributed by atoms with E-state index < -0.39 is 11.9 Å². The third kappa shape index (κ3) is 6.54. The largest absolute Gasteiger partial charge is 0.350 e. The molecular formula is C16H23ClFN3O2. The summed E-state index contributed by atoms with van der Waals surface area (Å²) in [6, 6.07) is 3.19. The van der Waals surface area contributed by atoms with Crippen molar-refractivity contribution in [2.45, 2.75) is 39.3 Å². The van der Waals surface area contributed by atoms with E-state index in [1.54, 1.807) is 18.9 Å². The first-order valence-corrected chi connectivity index (χ1v) is 7.64. The Balaban J connectivity index is 2.63. The predicted octanol–water partition coefficient (Wildman–Crippen LogP) is 2.65. The van der Waals surface area contributed by atoms with Gasteiger partial charge >= 0.3 is 0 Å². The highest BCUT2D eigenvalue weighted by Gasteiger charge is 2.22. The van der Waals surface area contributed by atoms with Gasteiger partial charge in [0.1, 0.15) is 5.82 Å². The third-order valence-electron chi connectivity index (χ3n) is 3.14. The summed E-state index contributed by atoms with van der Waals surface area (Å²) in [5.41, 5.74) is 0.00266. The topological polar surface area (TPSA) is 61.4 Å². The van der Waals surface area contributed by atoms with E-state index in [9.17, 15) is 14.0 Å². The molecule has 2 amide bonds. The second-order valence-corrected chi connectivity index (χ2v) is 6.91. The van der Waals surface area contributed by atoms with Gasteiger partial charge in [0.2, 0.25) is 11.8 Å². The minimum absolute atomic E-state index is 0.0863. The van der Waals surface area contributed by atoms with Gasteiger partial charge in [0.25, 0.3) is 0 Å². The summed E-state index contributed by atoms with van der Waals surface area (Å²) in [5.74, 6) is -0.971. The summed E-state index contributed by atoms with van der Waals surface area (Å²) in [6.07, 6.45) is 0. The van der Waals surface area contributed by atoms with E-state index in [1.165, 1.54) is 12.1 Å². The normalized spacial score (nSPS) is 12.9. The lowest BCUT2D eigenvalue weighted by Crippen LogP contribution is -2.49. The van der Waals surface area contributed by atoms with Crippen LogP contribution in [0.4, 0.5) is 10.1 Å². The zero-order valence-electron chi connectivity index (χ0n) is 14.0. The molecule has 0 aromatic heterocycles. The molecular weight excluding hydrogens is 321 g/mol. The molecule has 23 heavy (non-hydrogen) atoms. The summed E-state index contributed by atoms with van der Waals surface area (Å²) in [7, 11) is 1.68. The third-order valence-corrected chi connectivity index (χ3v) is 3.45. The second kappa shape index (κ2) is 7.75. The molecule has 0 fully saturated rings. The quantitative estimate of drug-likeness (QED) is 0.864. The minimum atomic E-state index is -0.554. The summed E-state index contributed by atoms with van der Waals surface area (Å²) in [4.78, 5) is 25.7. The maximum absolute atomic E-state index is 13.0. The number of amides is 2. The molecule has 7 heteroatoms. The average Bonchev–Trinajstić information content (AvgIpc) is 2.38. The van der Waals surface area contributed by atoms with Crippen molar-refractivity contribution in [1.82, 2.24) is 10.2 Å². The highest BCUT2D eigenvalue weighted by molar-refractivity contribution is 6.33. The highest BCUT2D eigenvalue weighted by atomic mass is 35.5. The zero-order valence-corrected chi connectivity index (χ0v) is 14.8. The van der Waals surface area contributed by atoms with Gasteiger partial charge in [-0.05, 0) is 52.9 Å². The molecule has 128 valence electrons. The molecule has 0 saturated heterocycles. The summed E-state index contributed by atoms with van der Waals surface area (Å²) in [6.45, 7) is 7.42. The van der Waals surface area contributed by atoms with Crippen molar-refractivity contribution < 1.29 is 14.0 Å². The molecule has 0 radical (unpaired) electrons. The Bertz CT molecular complexity index is 587. The Labute approximate surface area is 141 Å². The first kappa shape index (κ1) is 19.4. The average molecular weight is 344 g/mol. The van der Waals surface area contributed by atoms with Crippen LogP contribution in [-0.2, 0) is 9.59 Å².